The maximum atomic E-state index is 12.6. The fraction of sp³-hybridized carbons (Fsp3) is 0.158. The van der Waals surface area contributed by atoms with Gasteiger partial charge in [-0.2, -0.15) is 18.3 Å². The van der Waals surface area contributed by atoms with E-state index in [-0.39, 0.29) is 5.56 Å². The van der Waals surface area contributed by atoms with Crippen LogP contribution >= 0.6 is 0 Å². The third-order valence-corrected chi connectivity index (χ3v) is 3.88. The maximum Gasteiger partial charge on any atom is 0.416 e. The number of amides is 1. The first-order valence-corrected chi connectivity index (χ1v) is 7.88. The predicted octanol–water partition coefficient (Wildman–Crippen LogP) is 4.61. The van der Waals surface area contributed by atoms with E-state index in [1.807, 2.05) is 12.1 Å². The molecule has 0 fully saturated rings. The molecule has 0 aliphatic carbocycles. The van der Waals surface area contributed by atoms with Crippen molar-refractivity contribution in [2.24, 2.45) is 5.10 Å². The van der Waals surface area contributed by atoms with Crippen molar-refractivity contribution in [3.63, 3.8) is 0 Å². The van der Waals surface area contributed by atoms with Crippen LogP contribution in [0.4, 0.5) is 13.2 Å². The van der Waals surface area contributed by atoms with Crippen LogP contribution in [0.2, 0.25) is 0 Å². The number of carbonyl (C=O) groups is 1. The highest BCUT2D eigenvalue weighted by atomic mass is 19.4. The van der Waals surface area contributed by atoms with E-state index in [0.29, 0.717) is 22.8 Å². The third kappa shape index (κ3) is 3.94. The van der Waals surface area contributed by atoms with Crippen molar-refractivity contribution in [2.45, 2.75) is 13.1 Å². The number of ether oxygens (including phenoxy) is 1. The zero-order valence-corrected chi connectivity index (χ0v) is 14.4. The zero-order chi connectivity index (χ0) is 19.6. The van der Waals surface area contributed by atoms with E-state index < -0.39 is 17.6 Å². The molecule has 1 aromatic heterocycles. The van der Waals surface area contributed by atoms with Gasteiger partial charge in [0.05, 0.1) is 12.7 Å². The van der Waals surface area contributed by atoms with Crippen LogP contribution < -0.4 is 10.2 Å². The van der Waals surface area contributed by atoms with E-state index in [0.717, 1.165) is 29.7 Å². The minimum absolute atomic E-state index is 0.0609. The number of carbonyl (C=O) groups excluding carboxylic acids is 1. The van der Waals surface area contributed by atoms with Gasteiger partial charge in [-0.25, -0.2) is 5.43 Å². The predicted molar refractivity (Wildman–Crippen MR) is 93.9 cm³/mol. The number of methoxy groups -OCH3 is 1. The van der Waals surface area contributed by atoms with Crippen LogP contribution in [0.3, 0.4) is 0 Å². The van der Waals surface area contributed by atoms with Gasteiger partial charge >= 0.3 is 6.18 Å². The van der Waals surface area contributed by atoms with Crippen LogP contribution in [0.1, 0.15) is 28.6 Å². The van der Waals surface area contributed by atoms with E-state index in [2.05, 4.69) is 10.5 Å². The van der Waals surface area contributed by atoms with Gasteiger partial charge in [-0.1, -0.05) is 12.1 Å². The minimum Gasteiger partial charge on any atom is -0.493 e. The number of para-hydroxylation sites is 1. The molecule has 0 spiro atoms. The van der Waals surface area contributed by atoms with Crippen molar-refractivity contribution in [1.29, 1.82) is 0 Å². The Hall–Kier alpha value is -3.29. The number of hydrazone groups is 1. The smallest absolute Gasteiger partial charge is 0.416 e. The Labute approximate surface area is 152 Å². The number of hydrogen-bond acceptors (Lipinski definition) is 4. The van der Waals surface area contributed by atoms with Crippen LogP contribution in [0.15, 0.2) is 58.0 Å². The summed E-state index contributed by atoms with van der Waals surface area (Å²) in [6.07, 6.45) is -4.45. The molecule has 0 bridgehead atoms. The van der Waals surface area contributed by atoms with Crippen molar-refractivity contribution >= 4 is 22.6 Å². The first-order chi connectivity index (χ1) is 12.8. The molecule has 0 saturated carbocycles. The molecule has 8 heteroatoms. The molecule has 0 saturated heterocycles. The molecule has 2 aromatic carbocycles. The minimum atomic E-state index is -4.45. The Bertz CT molecular complexity index is 1010. The molecule has 27 heavy (non-hydrogen) atoms. The van der Waals surface area contributed by atoms with Crippen molar-refractivity contribution in [1.82, 2.24) is 5.43 Å². The highest BCUT2D eigenvalue weighted by molar-refractivity contribution is 6.02. The summed E-state index contributed by atoms with van der Waals surface area (Å²) in [6, 6.07) is 11.0. The molecular weight excluding hydrogens is 361 g/mol. The average Bonchev–Trinajstić information content (AvgIpc) is 3.09. The average molecular weight is 376 g/mol. The summed E-state index contributed by atoms with van der Waals surface area (Å²) >= 11 is 0. The largest absolute Gasteiger partial charge is 0.493 e. The van der Waals surface area contributed by atoms with Gasteiger partial charge < -0.3 is 9.15 Å². The Morgan fingerprint density at radius 1 is 1.15 bits per heavy atom. The Morgan fingerprint density at radius 3 is 2.48 bits per heavy atom. The van der Waals surface area contributed by atoms with E-state index in [4.69, 9.17) is 9.15 Å². The molecule has 5 nitrogen and oxygen atoms in total. The van der Waals surface area contributed by atoms with Crippen molar-refractivity contribution < 1.29 is 27.1 Å². The maximum absolute atomic E-state index is 12.6. The van der Waals surface area contributed by atoms with Gasteiger partial charge in [-0.15, -0.1) is 0 Å². The van der Waals surface area contributed by atoms with Gasteiger partial charge in [0, 0.05) is 10.9 Å². The summed E-state index contributed by atoms with van der Waals surface area (Å²) in [5.41, 5.74) is 2.49. The van der Waals surface area contributed by atoms with Gasteiger partial charge in [0.2, 0.25) is 0 Å². The second kappa shape index (κ2) is 7.14. The number of fused-ring (bicyclic) bond motifs is 1. The molecule has 1 N–H and O–H groups in total. The SMILES string of the molecule is COc1cccc2cc(/C(C)=N\NC(=O)c3ccc(C(F)(F)F)cc3)oc12. The van der Waals surface area contributed by atoms with Crippen LogP contribution in [0.5, 0.6) is 5.75 Å². The Morgan fingerprint density at radius 2 is 1.85 bits per heavy atom. The zero-order valence-electron chi connectivity index (χ0n) is 14.4. The molecule has 1 heterocycles. The van der Waals surface area contributed by atoms with Gasteiger partial charge in [0.25, 0.3) is 5.91 Å². The Kier molecular flexibility index (Phi) is 4.89. The lowest BCUT2D eigenvalue weighted by Crippen LogP contribution is -2.19. The van der Waals surface area contributed by atoms with Crippen molar-refractivity contribution in [2.75, 3.05) is 7.11 Å². The molecule has 140 valence electrons. The molecular formula is C19H15F3N2O3. The number of halogens is 3. The molecule has 1 amide bonds. The normalized spacial score (nSPS) is 12.3. The highest BCUT2D eigenvalue weighted by Crippen LogP contribution is 2.29. The number of benzene rings is 2. The summed E-state index contributed by atoms with van der Waals surface area (Å²) in [6.45, 7) is 1.64. The molecule has 3 rings (SSSR count). The third-order valence-electron chi connectivity index (χ3n) is 3.88. The first-order valence-electron chi connectivity index (χ1n) is 7.88. The molecule has 0 aliphatic rings. The van der Waals surface area contributed by atoms with Gasteiger partial charge in [-0.05, 0) is 43.3 Å². The monoisotopic (exact) mass is 376 g/mol. The quantitative estimate of drug-likeness (QED) is 0.534. The molecule has 0 aliphatic heterocycles. The first kappa shape index (κ1) is 18.5. The fourth-order valence-corrected chi connectivity index (χ4v) is 2.44. The lowest BCUT2D eigenvalue weighted by atomic mass is 10.1. The summed E-state index contributed by atoms with van der Waals surface area (Å²) < 4.78 is 48.6. The van der Waals surface area contributed by atoms with Crippen LogP contribution in [0, 0.1) is 0 Å². The number of nitrogens with one attached hydrogen (secondary N) is 1. The topological polar surface area (TPSA) is 63.8 Å². The van der Waals surface area contributed by atoms with Crippen LogP contribution in [0.25, 0.3) is 11.0 Å². The van der Waals surface area contributed by atoms with E-state index in [1.54, 1.807) is 19.1 Å². The summed E-state index contributed by atoms with van der Waals surface area (Å²) in [5.74, 6) is 0.374. The van der Waals surface area contributed by atoms with Crippen molar-refractivity contribution in [3.05, 3.63) is 65.4 Å². The fourth-order valence-electron chi connectivity index (χ4n) is 2.44. The number of furan rings is 1. The lowest BCUT2D eigenvalue weighted by Gasteiger charge is -2.07. The van der Waals surface area contributed by atoms with E-state index in [9.17, 15) is 18.0 Å². The lowest BCUT2D eigenvalue weighted by molar-refractivity contribution is -0.137. The molecule has 3 aromatic rings. The number of nitrogens with zero attached hydrogens (tertiary/aromatic N) is 1. The van der Waals surface area contributed by atoms with Gasteiger partial charge in [0.1, 0.15) is 5.71 Å². The van der Waals surface area contributed by atoms with Crippen LogP contribution in [-0.2, 0) is 6.18 Å². The molecule has 0 unspecified atom stereocenters. The molecule has 0 radical (unpaired) electrons. The summed E-state index contributed by atoms with van der Waals surface area (Å²) in [7, 11) is 1.53. The van der Waals surface area contributed by atoms with Crippen LogP contribution in [-0.4, -0.2) is 18.7 Å². The van der Waals surface area contributed by atoms with Gasteiger partial charge in [0.15, 0.2) is 17.1 Å². The number of alkyl halides is 3. The summed E-state index contributed by atoms with van der Waals surface area (Å²) in [4.78, 5) is 12.1. The van der Waals surface area contributed by atoms with E-state index in [1.165, 1.54) is 7.11 Å². The van der Waals surface area contributed by atoms with Crippen molar-refractivity contribution in [3.8, 4) is 5.75 Å². The Balaban J connectivity index is 1.76. The second-order valence-corrected chi connectivity index (χ2v) is 5.70. The number of rotatable bonds is 4. The van der Waals surface area contributed by atoms with Gasteiger partial charge in [-0.3, -0.25) is 4.79 Å². The standard InChI is InChI=1S/C19H15F3N2O3/c1-11(16-10-13-4-3-5-15(26-2)17(13)27-16)23-24-18(25)12-6-8-14(9-7-12)19(20,21)22/h3-10H,1-2H3,(H,24,25)/b23-11-. The number of hydrogen-bond donors (Lipinski definition) is 1. The van der Waals surface area contributed by atoms with E-state index >= 15 is 0 Å². The second-order valence-electron chi connectivity index (χ2n) is 5.70. The molecule has 0 atom stereocenters. The highest BCUT2D eigenvalue weighted by Gasteiger charge is 2.30. The summed E-state index contributed by atoms with van der Waals surface area (Å²) in [5, 5.41) is 4.77.